The molecule has 1 aromatic rings. The predicted molar refractivity (Wildman–Crippen MR) is 65.5 cm³/mol. The molecule has 0 saturated carbocycles. The van der Waals surface area contributed by atoms with E-state index in [9.17, 15) is 5.11 Å². The molecule has 0 amide bonds. The Morgan fingerprint density at radius 1 is 1.57 bits per heavy atom. The molecule has 0 atom stereocenters. The first-order valence-corrected chi connectivity index (χ1v) is 5.20. The van der Waals surface area contributed by atoms with Crippen LogP contribution in [-0.4, -0.2) is 18.8 Å². The van der Waals surface area contributed by atoms with Gasteiger partial charge in [0.1, 0.15) is 0 Å². The minimum Gasteiger partial charge on any atom is -0.504 e. The highest BCUT2D eigenvalue weighted by Crippen LogP contribution is 2.32. The molecule has 3 N–H and O–H groups in total. The normalized spacial score (nSPS) is 10.8. The quantitative estimate of drug-likeness (QED) is 0.840. The number of ether oxygens (including phenoxy) is 1. The minimum atomic E-state index is 0.179. The van der Waals surface area contributed by atoms with Crippen LogP contribution >= 0.6 is 22.6 Å². The third-order valence-corrected chi connectivity index (χ3v) is 2.54. The van der Waals surface area contributed by atoms with Crippen LogP contribution in [0.3, 0.4) is 0 Å². The molecule has 0 radical (unpaired) electrons. The molecule has 0 spiro atoms. The van der Waals surface area contributed by atoms with Crippen molar-refractivity contribution >= 4 is 28.7 Å². The molecule has 4 heteroatoms. The number of aromatic hydroxyl groups is 1. The van der Waals surface area contributed by atoms with Gasteiger partial charge in [-0.15, -0.1) is 0 Å². The van der Waals surface area contributed by atoms with Crippen LogP contribution < -0.4 is 10.5 Å². The maximum Gasteiger partial charge on any atom is 0.171 e. The highest BCUT2D eigenvalue weighted by Gasteiger charge is 2.06. The number of nitrogens with two attached hydrogens (primary N) is 1. The van der Waals surface area contributed by atoms with Gasteiger partial charge in [0, 0.05) is 6.54 Å². The van der Waals surface area contributed by atoms with E-state index in [1.165, 1.54) is 7.11 Å². The van der Waals surface area contributed by atoms with Gasteiger partial charge < -0.3 is 15.6 Å². The van der Waals surface area contributed by atoms with Gasteiger partial charge in [-0.1, -0.05) is 12.2 Å². The Bertz CT molecular complexity index is 350. The predicted octanol–water partition coefficient (Wildman–Crippen LogP) is 1.98. The topological polar surface area (TPSA) is 55.5 Å². The maximum absolute atomic E-state index is 9.57. The zero-order valence-electron chi connectivity index (χ0n) is 7.83. The van der Waals surface area contributed by atoms with Crippen LogP contribution in [0.2, 0.25) is 0 Å². The summed E-state index contributed by atoms with van der Waals surface area (Å²) in [5, 5.41) is 9.57. The largest absolute Gasteiger partial charge is 0.504 e. The Kier molecular flexibility index (Phi) is 4.21. The van der Waals surface area contributed by atoms with Crippen LogP contribution in [0, 0.1) is 3.57 Å². The van der Waals surface area contributed by atoms with E-state index >= 15 is 0 Å². The lowest BCUT2D eigenvalue weighted by Crippen LogP contribution is -1.92. The van der Waals surface area contributed by atoms with Crippen LogP contribution in [0.1, 0.15) is 5.56 Å². The van der Waals surface area contributed by atoms with Crippen molar-refractivity contribution in [3.8, 4) is 11.5 Å². The zero-order chi connectivity index (χ0) is 10.6. The number of phenolic OH excluding ortho intramolecular Hbond substituents is 1. The number of phenols is 1. The molecule has 0 aliphatic heterocycles. The SMILES string of the molecule is COc1cc(C=CCN)cc(I)c1O. The number of halogens is 1. The standard InChI is InChI=1S/C10H12INO2/c1-14-9-6-7(3-2-4-12)5-8(11)10(9)13/h2-3,5-6,13H,4,12H2,1H3. The molecule has 0 aliphatic carbocycles. The number of rotatable bonds is 3. The fraction of sp³-hybridized carbons (Fsp3) is 0.200. The van der Waals surface area contributed by atoms with E-state index in [0.717, 1.165) is 9.13 Å². The fourth-order valence-corrected chi connectivity index (χ4v) is 1.68. The van der Waals surface area contributed by atoms with Crippen LogP contribution in [0.15, 0.2) is 18.2 Å². The summed E-state index contributed by atoms with van der Waals surface area (Å²) in [7, 11) is 1.53. The number of hydrogen-bond donors (Lipinski definition) is 2. The summed E-state index contributed by atoms with van der Waals surface area (Å²) >= 11 is 2.06. The first-order valence-electron chi connectivity index (χ1n) is 4.12. The van der Waals surface area contributed by atoms with Gasteiger partial charge in [-0.2, -0.15) is 0 Å². The second-order valence-electron chi connectivity index (χ2n) is 2.69. The summed E-state index contributed by atoms with van der Waals surface area (Å²) < 4.78 is 5.79. The van der Waals surface area contributed by atoms with Crippen molar-refractivity contribution in [3.05, 3.63) is 27.3 Å². The number of benzene rings is 1. The summed E-state index contributed by atoms with van der Waals surface area (Å²) in [6.07, 6.45) is 3.74. The first kappa shape index (κ1) is 11.3. The summed E-state index contributed by atoms with van der Waals surface area (Å²) in [5.41, 5.74) is 6.31. The second-order valence-corrected chi connectivity index (χ2v) is 3.85. The number of methoxy groups -OCH3 is 1. The second kappa shape index (κ2) is 5.21. The Morgan fingerprint density at radius 2 is 2.29 bits per heavy atom. The molecule has 0 heterocycles. The molecular weight excluding hydrogens is 293 g/mol. The summed E-state index contributed by atoms with van der Waals surface area (Å²) in [6, 6.07) is 3.63. The summed E-state index contributed by atoms with van der Waals surface area (Å²) in [5.74, 6) is 0.659. The van der Waals surface area contributed by atoms with E-state index in [2.05, 4.69) is 22.6 Å². The molecular formula is C10H12INO2. The van der Waals surface area contributed by atoms with Crippen LogP contribution in [0.4, 0.5) is 0 Å². The van der Waals surface area contributed by atoms with Crippen molar-refractivity contribution in [2.45, 2.75) is 0 Å². The molecule has 0 bridgehead atoms. The third-order valence-electron chi connectivity index (χ3n) is 1.72. The molecule has 0 aliphatic rings. The van der Waals surface area contributed by atoms with Crippen molar-refractivity contribution in [1.29, 1.82) is 0 Å². The Balaban J connectivity index is 3.09. The van der Waals surface area contributed by atoms with Crippen molar-refractivity contribution in [1.82, 2.24) is 0 Å². The van der Waals surface area contributed by atoms with Crippen LogP contribution in [0.5, 0.6) is 11.5 Å². The van der Waals surface area contributed by atoms with Crippen molar-refractivity contribution in [3.63, 3.8) is 0 Å². The monoisotopic (exact) mass is 305 g/mol. The van der Waals surface area contributed by atoms with Crippen molar-refractivity contribution in [2.75, 3.05) is 13.7 Å². The van der Waals surface area contributed by atoms with Crippen molar-refractivity contribution in [2.24, 2.45) is 5.73 Å². The van der Waals surface area contributed by atoms with Crippen molar-refractivity contribution < 1.29 is 9.84 Å². The summed E-state index contributed by atoms with van der Waals surface area (Å²) in [6.45, 7) is 0.500. The smallest absolute Gasteiger partial charge is 0.171 e. The first-order chi connectivity index (χ1) is 6.69. The van der Waals surface area contributed by atoms with Gasteiger partial charge in [0.25, 0.3) is 0 Å². The van der Waals surface area contributed by atoms with E-state index in [1.807, 2.05) is 18.2 Å². The van der Waals surface area contributed by atoms with Gasteiger partial charge >= 0.3 is 0 Å². The van der Waals surface area contributed by atoms with Gasteiger partial charge in [-0.05, 0) is 40.3 Å². The highest BCUT2D eigenvalue weighted by molar-refractivity contribution is 14.1. The average molecular weight is 305 g/mol. The van der Waals surface area contributed by atoms with Gasteiger partial charge in [0.2, 0.25) is 0 Å². The van der Waals surface area contributed by atoms with Gasteiger partial charge in [0.15, 0.2) is 11.5 Å². The molecule has 0 saturated heterocycles. The number of hydrogen-bond acceptors (Lipinski definition) is 3. The molecule has 1 rings (SSSR count). The fourth-order valence-electron chi connectivity index (χ4n) is 1.05. The average Bonchev–Trinajstić information content (AvgIpc) is 2.19. The maximum atomic E-state index is 9.57. The van der Waals surface area contributed by atoms with E-state index in [0.29, 0.717) is 12.3 Å². The van der Waals surface area contributed by atoms with E-state index < -0.39 is 0 Å². The lowest BCUT2D eigenvalue weighted by Gasteiger charge is -2.06. The van der Waals surface area contributed by atoms with E-state index in [4.69, 9.17) is 10.5 Å². The Hall–Kier alpha value is -0.750. The third kappa shape index (κ3) is 2.62. The lowest BCUT2D eigenvalue weighted by molar-refractivity contribution is 0.371. The molecule has 1 aromatic carbocycles. The zero-order valence-corrected chi connectivity index (χ0v) is 9.98. The minimum absolute atomic E-state index is 0.179. The lowest BCUT2D eigenvalue weighted by atomic mass is 10.2. The van der Waals surface area contributed by atoms with E-state index in [-0.39, 0.29) is 5.75 Å². The highest BCUT2D eigenvalue weighted by atomic mass is 127. The molecule has 76 valence electrons. The van der Waals surface area contributed by atoms with E-state index in [1.54, 1.807) is 6.07 Å². The Morgan fingerprint density at radius 3 is 2.86 bits per heavy atom. The van der Waals surface area contributed by atoms with Crippen LogP contribution in [0.25, 0.3) is 6.08 Å². The molecule has 14 heavy (non-hydrogen) atoms. The van der Waals surface area contributed by atoms with Gasteiger partial charge in [-0.3, -0.25) is 0 Å². The molecule has 0 aromatic heterocycles. The van der Waals surface area contributed by atoms with Crippen LogP contribution in [-0.2, 0) is 0 Å². The Labute approximate surface area is 96.7 Å². The molecule has 3 nitrogen and oxygen atoms in total. The van der Waals surface area contributed by atoms with Gasteiger partial charge in [-0.25, -0.2) is 0 Å². The van der Waals surface area contributed by atoms with Gasteiger partial charge in [0.05, 0.1) is 10.7 Å². The summed E-state index contributed by atoms with van der Waals surface area (Å²) in [4.78, 5) is 0. The molecule has 0 fully saturated rings. The molecule has 0 unspecified atom stereocenters.